The highest BCUT2D eigenvalue weighted by atomic mass is 28.3. The molecule has 0 bridgehead atoms. The zero-order chi connectivity index (χ0) is 10.1. The fraction of sp³-hybridized carbons (Fsp3) is 0.667. The Morgan fingerprint density at radius 1 is 1.31 bits per heavy atom. The Hall–Kier alpha value is -0.303. The molecule has 0 nitrogen and oxygen atoms in total. The van der Waals surface area contributed by atoms with E-state index >= 15 is 0 Å². The Labute approximate surface area is 83.7 Å². The van der Waals surface area contributed by atoms with Crippen molar-refractivity contribution in [1.82, 2.24) is 0 Å². The van der Waals surface area contributed by atoms with Gasteiger partial charge in [0.05, 0.1) is 8.07 Å². The van der Waals surface area contributed by atoms with Crippen molar-refractivity contribution in [2.24, 2.45) is 5.41 Å². The molecular formula is C12H22Si. The summed E-state index contributed by atoms with van der Waals surface area (Å²) in [5.41, 5.74) is 0.485. The van der Waals surface area contributed by atoms with Crippen molar-refractivity contribution in [3.63, 3.8) is 0 Å². The average Bonchev–Trinajstić information content (AvgIpc) is 2.29. The molecule has 0 heterocycles. The molecule has 0 aromatic carbocycles. The van der Waals surface area contributed by atoms with Crippen LogP contribution in [0, 0.1) is 5.41 Å². The molecule has 0 fully saturated rings. The first-order valence-electron chi connectivity index (χ1n) is 5.17. The Kier molecular flexibility index (Phi) is 2.86. The summed E-state index contributed by atoms with van der Waals surface area (Å²) in [5.74, 6) is 0. The first kappa shape index (κ1) is 10.8. The smallest absolute Gasteiger partial charge is 0.0764 e. The Morgan fingerprint density at radius 3 is 2.31 bits per heavy atom. The third-order valence-electron chi connectivity index (χ3n) is 2.61. The summed E-state index contributed by atoms with van der Waals surface area (Å²) < 4.78 is 0. The molecule has 0 spiro atoms. The van der Waals surface area contributed by atoms with Crippen LogP contribution in [0.3, 0.4) is 0 Å². The van der Waals surface area contributed by atoms with E-state index in [1.165, 1.54) is 12.5 Å². The highest BCUT2D eigenvalue weighted by Crippen LogP contribution is 2.34. The largest absolute Gasteiger partial charge is 0.0809 e. The van der Waals surface area contributed by atoms with Crippen molar-refractivity contribution in [3.8, 4) is 0 Å². The van der Waals surface area contributed by atoms with Crippen molar-refractivity contribution >= 4 is 8.07 Å². The van der Waals surface area contributed by atoms with Crippen LogP contribution in [0.4, 0.5) is 0 Å². The molecule has 0 atom stereocenters. The van der Waals surface area contributed by atoms with Crippen LogP contribution < -0.4 is 0 Å². The van der Waals surface area contributed by atoms with Gasteiger partial charge < -0.3 is 0 Å². The standard InChI is InChI=1S/C12H22Si/c1-12(2,3)10-13(4,5)11-8-6-7-9-11/h6-8H,9-10H2,1-5H3. The van der Waals surface area contributed by atoms with Gasteiger partial charge in [0.25, 0.3) is 0 Å². The van der Waals surface area contributed by atoms with Gasteiger partial charge in [-0.25, -0.2) is 0 Å². The third-order valence-corrected chi connectivity index (χ3v) is 6.67. The lowest BCUT2D eigenvalue weighted by Gasteiger charge is -2.32. The molecule has 1 heteroatoms. The van der Waals surface area contributed by atoms with Crippen LogP contribution in [-0.2, 0) is 0 Å². The fourth-order valence-corrected chi connectivity index (χ4v) is 6.49. The number of allylic oxidation sites excluding steroid dienone is 4. The van der Waals surface area contributed by atoms with Crippen molar-refractivity contribution in [2.75, 3.05) is 0 Å². The normalized spacial score (nSPS) is 17.8. The van der Waals surface area contributed by atoms with Crippen molar-refractivity contribution in [1.29, 1.82) is 0 Å². The zero-order valence-electron chi connectivity index (χ0n) is 9.65. The van der Waals surface area contributed by atoms with Crippen LogP contribution in [-0.4, -0.2) is 8.07 Å². The van der Waals surface area contributed by atoms with Crippen molar-refractivity contribution in [3.05, 3.63) is 23.4 Å². The summed E-state index contributed by atoms with van der Waals surface area (Å²) in [6, 6.07) is 1.40. The lowest BCUT2D eigenvalue weighted by molar-refractivity contribution is 0.461. The molecule has 0 amide bonds. The second-order valence-electron chi connectivity index (χ2n) is 5.95. The Balaban J connectivity index is 2.66. The minimum absolute atomic E-state index is 0.485. The molecule has 0 radical (unpaired) electrons. The van der Waals surface area contributed by atoms with E-state index in [1.54, 1.807) is 5.20 Å². The van der Waals surface area contributed by atoms with E-state index in [0.717, 1.165) is 0 Å². The molecule has 13 heavy (non-hydrogen) atoms. The van der Waals surface area contributed by atoms with E-state index in [0.29, 0.717) is 5.41 Å². The van der Waals surface area contributed by atoms with Gasteiger partial charge in [0.15, 0.2) is 0 Å². The molecule has 0 aliphatic heterocycles. The van der Waals surface area contributed by atoms with Gasteiger partial charge in [-0.15, -0.1) is 0 Å². The molecule has 1 aliphatic rings. The Bertz CT molecular complexity index is 238. The molecule has 0 saturated carbocycles. The third kappa shape index (κ3) is 3.15. The lowest BCUT2D eigenvalue weighted by atomic mass is 10.0. The lowest BCUT2D eigenvalue weighted by Crippen LogP contribution is -2.33. The van der Waals surface area contributed by atoms with Crippen LogP contribution in [0.5, 0.6) is 0 Å². The number of rotatable bonds is 2. The Morgan fingerprint density at radius 2 is 1.92 bits per heavy atom. The van der Waals surface area contributed by atoms with E-state index in [2.05, 4.69) is 52.1 Å². The maximum Gasteiger partial charge on any atom is 0.0764 e. The monoisotopic (exact) mass is 194 g/mol. The molecular weight excluding hydrogens is 172 g/mol. The van der Waals surface area contributed by atoms with Crippen LogP contribution >= 0.6 is 0 Å². The van der Waals surface area contributed by atoms with E-state index in [4.69, 9.17) is 0 Å². The van der Waals surface area contributed by atoms with Gasteiger partial charge in [0.2, 0.25) is 0 Å². The average molecular weight is 194 g/mol. The summed E-state index contributed by atoms with van der Waals surface area (Å²) in [7, 11) is -1.11. The summed E-state index contributed by atoms with van der Waals surface area (Å²) in [5, 5.41) is 1.72. The quantitative estimate of drug-likeness (QED) is 0.579. The van der Waals surface area contributed by atoms with Crippen LogP contribution in [0.25, 0.3) is 0 Å². The maximum atomic E-state index is 2.50. The predicted molar refractivity (Wildman–Crippen MR) is 63.6 cm³/mol. The maximum absolute atomic E-state index is 2.50. The second kappa shape index (κ2) is 3.45. The number of hydrogen-bond donors (Lipinski definition) is 0. The molecule has 0 aromatic rings. The first-order chi connectivity index (χ1) is 5.81. The molecule has 1 aliphatic carbocycles. The van der Waals surface area contributed by atoms with Gasteiger partial charge in [-0.1, -0.05) is 57.3 Å². The van der Waals surface area contributed by atoms with Gasteiger partial charge in [-0.2, -0.15) is 0 Å². The van der Waals surface area contributed by atoms with Crippen molar-refractivity contribution < 1.29 is 0 Å². The molecule has 0 N–H and O–H groups in total. The minimum atomic E-state index is -1.11. The van der Waals surface area contributed by atoms with Crippen molar-refractivity contribution in [2.45, 2.75) is 46.3 Å². The van der Waals surface area contributed by atoms with E-state index in [-0.39, 0.29) is 0 Å². The molecule has 74 valence electrons. The fourth-order valence-electron chi connectivity index (χ4n) is 2.39. The predicted octanol–water partition coefficient (Wildman–Crippen LogP) is 4.17. The van der Waals surface area contributed by atoms with Gasteiger partial charge in [0, 0.05) is 0 Å². The van der Waals surface area contributed by atoms with Gasteiger partial charge in [-0.3, -0.25) is 0 Å². The molecule has 0 saturated heterocycles. The molecule has 1 rings (SSSR count). The molecule has 0 aromatic heterocycles. The van der Waals surface area contributed by atoms with Gasteiger partial charge >= 0.3 is 0 Å². The summed E-state index contributed by atoms with van der Waals surface area (Å²) in [6.45, 7) is 12.0. The van der Waals surface area contributed by atoms with Gasteiger partial charge in [-0.05, 0) is 17.9 Å². The molecule has 0 unspecified atom stereocenters. The van der Waals surface area contributed by atoms with E-state index in [1.807, 2.05) is 0 Å². The summed E-state index contributed by atoms with van der Waals surface area (Å²) >= 11 is 0. The SMILES string of the molecule is CC(C)(C)C[Si](C)(C)C1=CC=CC1. The topological polar surface area (TPSA) is 0 Å². The highest BCUT2D eigenvalue weighted by Gasteiger charge is 2.30. The van der Waals surface area contributed by atoms with E-state index < -0.39 is 8.07 Å². The van der Waals surface area contributed by atoms with Crippen LogP contribution in [0.2, 0.25) is 19.1 Å². The van der Waals surface area contributed by atoms with Crippen LogP contribution in [0.15, 0.2) is 23.4 Å². The minimum Gasteiger partial charge on any atom is -0.0809 e. The first-order valence-corrected chi connectivity index (χ1v) is 8.38. The summed E-state index contributed by atoms with van der Waals surface area (Å²) in [6.07, 6.45) is 8.06. The van der Waals surface area contributed by atoms with Crippen LogP contribution in [0.1, 0.15) is 27.2 Å². The number of hydrogen-bond acceptors (Lipinski definition) is 0. The van der Waals surface area contributed by atoms with E-state index in [9.17, 15) is 0 Å². The second-order valence-corrected chi connectivity index (χ2v) is 10.7. The zero-order valence-corrected chi connectivity index (χ0v) is 10.6. The van der Waals surface area contributed by atoms with Gasteiger partial charge in [0.1, 0.15) is 0 Å². The highest BCUT2D eigenvalue weighted by molar-refractivity contribution is 6.84. The summed E-state index contributed by atoms with van der Waals surface area (Å²) in [4.78, 5) is 0.